The van der Waals surface area contributed by atoms with E-state index in [0.29, 0.717) is 19.4 Å². The molecule has 3 N–H and O–H groups in total. The van der Waals surface area contributed by atoms with Crippen molar-refractivity contribution >= 4 is 11.9 Å². The van der Waals surface area contributed by atoms with E-state index in [9.17, 15) is 19.8 Å². The number of aliphatic hydroxyl groups excluding tert-OH is 2. The first-order valence-corrected chi connectivity index (χ1v) is 38.3. The summed E-state index contributed by atoms with van der Waals surface area (Å²) in [5.41, 5.74) is 0. The van der Waals surface area contributed by atoms with Crippen LogP contribution in [-0.2, 0) is 14.3 Å². The normalized spacial score (nSPS) is 12.7. The molecule has 0 saturated heterocycles. The van der Waals surface area contributed by atoms with E-state index in [0.717, 1.165) is 44.9 Å². The topological polar surface area (TPSA) is 95.9 Å². The van der Waals surface area contributed by atoms with Crippen molar-refractivity contribution in [1.29, 1.82) is 0 Å². The predicted octanol–water partition coefficient (Wildman–Crippen LogP) is 25.0. The number of allylic oxidation sites excluding steroid dienone is 5. The van der Waals surface area contributed by atoms with Crippen molar-refractivity contribution in [2.75, 3.05) is 13.2 Å². The van der Waals surface area contributed by atoms with Crippen LogP contribution in [0.2, 0.25) is 0 Å². The number of rotatable bonds is 72. The average Bonchev–Trinajstić information content (AvgIpc) is 3.51. The first kappa shape index (κ1) is 82.1. The van der Waals surface area contributed by atoms with Gasteiger partial charge in [0, 0.05) is 12.8 Å². The van der Waals surface area contributed by atoms with Gasteiger partial charge in [0.25, 0.3) is 0 Å². The smallest absolute Gasteiger partial charge is 0.305 e. The molecule has 0 bridgehead atoms. The Hall–Kier alpha value is -1.92. The predicted molar refractivity (Wildman–Crippen MR) is 370 cm³/mol. The van der Waals surface area contributed by atoms with Crippen molar-refractivity contribution in [3.05, 3.63) is 36.5 Å². The monoisotopic (exact) mass is 1180 g/mol. The molecule has 0 aliphatic heterocycles. The lowest BCUT2D eigenvalue weighted by atomic mass is 10.0. The van der Waals surface area contributed by atoms with E-state index >= 15 is 0 Å². The van der Waals surface area contributed by atoms with E-state index in [1.54, 1.807) is 6.08 Å². The number of carbonyl (C=O) groups is 2. The second-order valence-corrected chi connectivity index (χ2v) is 26.3. The van der Waals surface area contributed by atoms with Gasteiger partial charge in [0.1, 0.15) is 0 Å². The Bertz CT molecular complexity index is 1360. The molecule has 1 amide bonds. The van der Waals surface area contributed by atoms with Gasteiger partial charge >= 0.3 is 5.97 Å². The van der Waals surface area contributed by atoms with Crippen LogP contribution < -0.4 is 5.32 Å². The number of hydrogen-bond donors (Lipinski definition) is 3. The summed E-state index contributed by atoms with van der Waals surface area (Å²) < 4.78 is 5.49. The third-order valence-electron chi connectivity index (χ3n) is 17.9. The molecule has 496 valence electrons. The number of hydrogen-bond acceptors (Lipinski definition) is 5. The molecular weight excluding hydrogens is 1030 g/mol. The molecule has 0 rings (SSSR count). The van der Waals surface area contributed by atoms with Gasteiger partial charge in [-0.15, -0.1) is 0 Å². The molecule has 0 aromatic carbocycles. The van der Waals surface area contributed by atoms with Crippen molar-refractivity contribution in [2.24, 2.45) is 0 Å². The summed E-state index contributed by atoms with van der Waals surface area (Å²) in [5, 5.41) is 23.3. The van der Waals surface area contributed by atoms with Gasteiger partial charge in [0.05, 0.1) is 25.4 Å². The van der Waals surface area contributed by atoms with Gasteiger partial charge in [-0.2, -0.15) is 0 Å². The van der Waals surface area contributed by atoms with E-state index < -0.39 is 12.1 Å². The van der Waals surface area contributed by atoms with Gasteiger partial charge in [-0.25, -0.2) is 0 Å². The number of unbranched alkanes of at least 4 members (excludes halogenated alkanes) is 57. The summed E-state index contributed by atoms with van der Waals surface area (Å²) in [6.07, 6.45) is 95.3. The maximum atomic E-state index is 12.5. The fourth-order valence-electron chi connectivity index (χ4n) is 12.1. The van der Waals surface area contributed by atoms with Crippen LogP contribution in [0.3, 0.4) is 0 Å². The van der Waals surface area contributed by atoms with E-state index in [4.69, 9.17) is 4.74 Å². The Kier molecular flexibility index (Phi) is 71.9. The molecule has 0 fully saturated rings. The largest absolute Gasteiger partial charge is 0.466 e. The third-order valence-corrected chi connectivity index (χ3v) is 17.9. The number of esters is 1. The molecule has 0 saturated carbocycles. The Morgan fingerprint density at radius 1 is 0.333 bits per heavy atom. The fourth-order valence-corrected chi connectivity index (χ4v) is 12.1. The van der Waals surface area contributed by atoms with Crippen LogP contribution in [0.25, 0.3) is 0 Å². The Labute approximate surface area is 525 Å². The van der Waals surface area contributed by atoms with Gasteiger partial charge in [0.15, 0.2) is 0 Å². The van der Waals surface area contributed by atoms with Crippen LogP contribution in [-0.4, -0.2) is 47.4 Å². The van der Waals surface area contributed by atoms with E-state index in [-0.39, 0.29) is 18.5 Å². The molecule has 6 nitrogen and oxygen atoms in total. The maximum Gasteiger partial charge on any atom is 0.305 e. The lowest BCUT2D eigenvalue weighted by Crippen LogP contribution is -2.45. The van der Waals surface area contributed by atoms with Crippen molar-refractivity contribution in [2.45, 2.75) is 437 Å². The lowest BCUT2D eigenvalue weighted by molar-refractivity contribution is -0.143. The highest BCUT2D eigenvalue weighted by Crippen LogP contribution is 2.19. The van der Waals surface area contributed by atoms with Crippen LogP contribution in [0.5, 0.6) is 0 Å². The second-order valence-electron chi connectivity index (χ2n) is 26.3. The zero-order chi connectivity index (χ0) is 60.6. The molecule has 2 atom stereocenters. The minimum atomic E-state index is -0.847. The van der Waals surface area contributed by atoms with Gasteiger partial charge in [-0.3, -0.25) is 9.59 Å². The van der Waals surface area contributed by atoms with E-state index in [1.807, 2.05) is 6.08 Å². The fraction of sp³-hybridized carbons (Fsp3) is 0.897. The average molecular weight is 1180 g/mol. The molecule has 84 heavy (non-hydrogen) atoms. The van der Waals surface area contributed by atoms with Crippen LogP contribution >= 0.6 is 0 Å². The maximum absolute atomic E-state index is 12.5. The van der Waals surface area contributed by atoms with Gasteiger partial charge < -0.3 is 20.3 Å². The SMILES string of the molecule is CCCCCCCCCCCCCCCCCCCCCCCC/C=C/C(O)C(CO)NC(=O)CCCCCCCCCCCCCCC/C=C\C/C=C\CCCCCCCCCCCOC(=O)CCCCCCCCCCCCCCCC. The Morgan fingerprint density at radius 3 is 0.905 bits per heavy atom. The van der Waals surface area contributed by atoms with Crippen LogP contribution in [0.15, 0.2) is 36.5 Å². The Morgan fingerprint density at radius 2 is 0.595 bits per heavy atom. The zero-order valence-electron chi connectivity index (χ0n) is 56.9. The van der Waals surface area contributed by atoms with E-state index in [2.05, 4.69) is 43.5 Å². The molecule has 0 spiro atoms. The standard InChI is InChI=1S/C78H149NO5/c1-3-5-7-9-11-13-15-17-19-20-21-22-23-31-34-37-40-43-46-50-54-58-62-66-70-76(81)75(74-80)79-77(82)71-67-63-59-55-51-47-44-41-38-35-32-29-27-25-24-26-28-30-33-36-39-42-45-49-53-57-61-65-69-73-84-78(83)72-68-64-60-56-52-48-18-16-14-12-10-8-6-4-2/h24,26,30,33,66,70,75-76,80-81H,3-23,25,27-29,31-32,34-65,67-69,71-74H2,1-2H3,(H,79,82)/b26-24-,33-30-,70-66+. The summed E-state index contributed by atoms with van der Waals surface area (Å²) in [6, 6.07) is -0.630. The van der Waals surface area contributed by atoms with Gasteiger partial charge in [-0.1, -0.05) is 384 Å². The number of ether oxygens (including phenoxy) is 1. The first-order valence-electron chi connectivity index (χ1n) is 38.3. The minimum absolute atomic E-state index is 0.0146. The highest BCUT2D eigenvalue weighted by molar-refractivity contribution is 5.76. The zero-order valence-corrected chi connectivity index (χ0v) is 56.9. The summed E-state index contributed by atoms with van der Waals surface area (Å²) in [7, 11) is 0. The van der Waals surface area contributed by atoms with Gasteiger partial charge in [0.2, 0.25) is 5.91 Å². The summed E-state index contributed by atoms with van der Waals surface area (Å²) in [6.45, 7) is 4.95. The first-order chi connectivity index (χ1) is 41.5. The number of carbonyl (C=O) groups excluding carboxylic acids is 2. The quantitative estimate of drug-likeness (QED) is 0.0320. The summed E-state index contributed by atoms with van der Waals surface area (Å²) in [5.74, 6) is -0.0498. The minimum Gasteiger partial charge on any atom is -0.466 e. The van der Waals surface area contributed by atoms with Crippen molar-refractivity contribution < 1.29 is 24.5 Å². The molecule has 0 aliphatic rings. The molecular formula is C78H149NO5. The van der Waals surface area contributed by atoms with Gasteiger partial charge in [-0.05, 0) is 64.2 Å². The van der Waals surface area contributed by atoms with Crippen LogP contribution in [0.1, 0.15) is 425 Å². The molecule has 0 aliphatic carbocycles. The molecule has 2 unspecified atom stereocenters. The summed E-state index contributed by atoms with van der Waals surface area (Å²) >= 11 is 0. The lowest BCUT2D eigenvalue weighted by Gasteiger charge is -2.20. The van der Waals surface area contributed by atoms with E-state index in [1.165, 1.54) is 353 Å². The second kappa shape index (κ2) is 73.5. The highest BCUT2D eigenvalue weighted by Gasteiger charge is 2.18. The molecule has 6 heteroatoms. The Balaban J connectivity index is 3.42. The summed E-state index contributed by atoms with van der Waals surface area (Å²) in [4.78, 5) is 24.6. The third kappa shape index (κ3) is 69.2. The molecule has 0 radical (unpaired) electrons. The van der Waals surface area contributed by atoms with Crippen LogP contribution in [0, 0.1) is 0 Å². The molecule has 0 heterocycles. The highest BCUT2D eigenvalue weighted by atomic mass is 16.5. The van der Waals surface area contributed by atoms with Crippen molar-refractivity contribution in [3.8, 4) is 0 Å². The van der Waals surface area contributed by atoms with Crippen molar-refractivity contribution in [1.82, 2.24) is 5.32 Å². The number of aliphatic hydroxyl groups is 2. The molecule has 0 aromatic heterocycles. The van der Waals surface area contributed by atoms with Crippen molar-refractivity contribution in [3.63, 3.8) is 0 Å². The molecule has 0 aromatic rings. The number of amides is 1. The number of nitrogens with one attached hydrogen (secondary N) is 1. The van der Waals surface area contributed by atoms with Crippen LogP contribution in [0.4, 0.5) is 0 Å².